The van der Waals surface area contributed by atoms with Gasteiger partial charge in [0.05, 0.1) is 16.8 Å². The van der Waals surface area contributed by atoms with Crippen molar-refractivity contribution in [1.82, 2.24) is 4.57 Å². The first-order valence-corrected chi connectivity index (χ1v) is 10.3. The number of methoxy groups -OCH3 is 1. The van der Waals surface area contributed by atoms with E-state index in [1.165, 1.54) is 16.8 Å². The van der Waals surface area contributed by atoms with Crippen molar-refractivity contribution in [3.8, 4) is 0 Å². The molecule has 0 saturated carbocycles. The van der Waals surface area contributed by atoms with Gasteiger partial charge in [-0.3, -0.25) is 4.79 Å². The standard InChI is InChI=1S/C21H18N2O2S2/c1-25-13-12-23-18-10-8-15-5-2-3-7-17(15)20(18)27-21(23)22-19(24)11-9-16-6-4-14-26-16/h2-11,14H,12-13H2,1H3. The molecule has 6 heteroatoms. The van der Waals surface area contributed by atoms with E-state index in [-0.39, 0.29) is 5.91 Å². The molecule has 2 heterocycles. The van der Waals surface area contributed by atoms with Gasteiger partial charge in [0, 0.05) is 30.0 Å². The summed E-state index contributed by atoms with van der Waals surface area (Å²) in [5.74, 6) is -0.259. The number of thiophene rings is 1. The summed E-state index contributed by atoms with van der Waals surface area (Å²) in [6, 6.07) is 16.4. The highest BCUT2D eigenvalue weighted by atomic mass is 32.1. The van der Waals surface area contributed by atoms with Crippen LogP contribution in [0.5, 0.6) is 0 Å². The molecule has 2 aromatic heterocycles. The minimum absolute atomic E-state index is 0.259. The molecule has 2 aromatic carbocycles. The number of nitrogens with zero attached hydrogens (tertiary/aromatic N) is 2. The van der Waals surface area contributed by atoms with Crippen LogP contribution in [0.3, 0.4) is 0 Å². The third-order valence-corrected chi connectivity index (χ3v) is 6.20. The summed E-state index contributed by atoms with van der Waals surface area (Å²) in [4.78, 5) is 18.5. The van der Waals surface area contributed by atoms with Crippen LogP contribution in [0.1, 0.15) is 4.88 Å². The Morgan fingerprint density at radius 2 is 2.07 bits per heavy atom. The van der Waals surface area contributed by atoms with Crippen molar-refractivity contribution in [1.29, 1.82) is 0 Å². The summed E-state index contributed by atoms with van der Waals surface area (Å²) in [6.45, 7) is 1.21. The second-order valence-corrected chi connectivity index (χ2v) is 7.92. The molecule has 0 bridgehead atoms. The van der Waals surface area contributed by atoms with Gasteiger partial charge in [0.2, 0.25) is 0 Å². The van der Waals surface area contributed by atoms with E-state index >= 15 is 0 Å². The maximum Gasteiger partial charge on any atom is 0.272 e. The van der Waals surface area contributed by atoms with Gasteiger partial charge in [-0.05, 0) is 29.0 Å². The molecule has 1 amide bonds. The Bertz CT molecular complexity index is 1180. The lowest BCUT2D eigenvalue weighted by molar-refractivity contribution is -0.113. The molecule has 0 spiro atoms. The molecular weight excluding hydrogens is 376 g/mol. The fourth-order valence-electron chi connectivity index (χ4n) is 2.95. The van der Waals surface area contributed by atoms with E-state index in [0.29, 0.717) is 18.0 Å². The monoisotopic (exact) mass is 394 g/mol. The molecule has 0 aliphatic heterocycles. The predicted octanol–water partition coefficient (Wildman–Crippen LogP) is 4.70. The summed E-state index contributed by atoms with van der Waals surface area (Å²) in [5.41, 5.74) is 1.07. The first kappa shape index (κ1) is 17.9. The van der Waals surface area contributed by atoms with Gasteiger partial charge in [0.1, 0.15) is 0 Å². The number of carbonyl (C=O) groups is 1. The lowest BCUT2D eigenvalue weighted by Gasteiger charge is -2.05. The van der Waals surface area contributed by atoms with E-state index in [0.717, 1.165) is 15.1 Å². The van der Waals surface area contributed by atoms with Gasteiger partial charge >= 0.3 is 0 Å². The highest BCUT2D eigenvalue weighted by Crippen LogP contribution is 2.27. The Hall–Kier alpha value is -2.54. The van der Waals surface area contributed by atoms with Crippen LogP contribution in [0, 0.1) is 0 Å². The average Bonchev–Trinajstić information content (AvgIpc) is 3.32. The summed E-state index contributed by atoms with van der Waals surface area (Å²) in [6.07, 6.45) is 3.33. The van der Waals surface area contributed by atoms with E-state index < -0.39 is 0 Å². The largest absolute Gasteiger partial charge is 0.383 e. The van der Waals surface area contributed by atoms with Crippen LogP contribution < -0.4 is 4.80 Å². The normalized spacial score (nSPS) is 12.6. The molecule has 136 valence electrons. The molecule has 4 nitrogen and oxygen atoms in total. The second-order valence-electron chi connectivity index (χ2n) is 5.96. The molecule has 27 heavy (non-hydrogen) atoms. The number of hydrogen-bond acceptors (Lipinski definition) is 4. The number of ether oxygens (including phenoxy) is 1. The predicted molar refractivity (Wildman–Crippen MR) is 113 cm³/mol. The lowest BCUT2D eigenvalue weighted by atomic mass is 10.1. The number of hydrogen-bond donors (Lipinski definition) is 0. The molecule has 0 radical (unpaired) electrons. The van der Waals surface area contributed by atoms with Gasteiger partial charge in [0.25, 0.3) is 5.91 Å². The van der Waals surface area contributed by atoms with Crippen molar-refractivity contribution in [2.75, 3.05) is 13.7 Å². The van der Waals surface area contributed by atoms with Crippen LogP contribution in [0.15, 0.2) is 65.0 Å². The number of fused-ring (bicyclic) bond motifs is 3. The zero-order chi connectivity index (χ0) is 18.6. The second kappa shape index (κ2) is 8.00. The van der Waals surface area contributed by atoms with Crippen LogP contribution in [-0.4, -0.2) is 24.2 Å². The molecule has 0 aliphatic carbocycles. The molecule has 4 rings (SSSR count). The number of amides is 1. The van der Waals surface area contributed by atoms with Gasteiger partial charge in [-0.25, -0.2) is 0 Å². The molecule has 0 aliphatic rings. The van der Waals surface area contributed by atoms with Crippen molar-refractivity contribution < 1.29 is 9.53 Å². The maximum atomic E-state index is 12.4. The van der Waals surface area contributed by atoms with Crippen LogP contribution >= 0.6 is 22.7 Å². The topological polar surface area (TPSA) is 43.6 Å². The first-order chi connectivity index (χ1) is 13.3. The van der Waals surface area contributed by atoms with Crippen LogP contribution in [0.2, 0.25) is 0 Å². The Kier molecular flexibility index (Phi) is 5.29. The Morgan fingerprint density at radius 3 is 2.89 bits per heavy atom. The number of rotatable bonds is 5. The van der Waals surface area contributed by atoms with E-state index in [9.17, 15) is 4.79 Å². The molecule has 4 aromatic rings. The van der Waals surface area contributed by atoms with Gasteiger partial charge in [-0.2, -0.15) is 4.99 Å². The summed E-state index contributed by atoms with van der Waals surface area (Å²) >= 11 is 3.13. The summed E-state index contributed by atoms with van der Waals surface area (Å²) in [5, 5.41) is 4.34. The van der Waals surface area contributed by atoms with Crippen LogP contribution in [0.4, 0.5) is 0 Å². The van der Waals surface area contributed by atoms with E-state index in [4.69, 9.17) is 4.74 Å². The van der Waals surface area contributed by atoms with Crippen molar-refractivity contribution >= 4 is 55.6 Å². The Morgan fingerprint density at radius 1 is 1.19 bits per heavy atom. The van der Waals surface area contributed by atoms with Crippen molar-refractivity contribution in [3.63, 3.8) is 0 Å². The third-order valence-electron chi connectivity index (χ3n) is 4.23. The molecular formula is C21H18N2O2S2. The number of thiazole rings is 1. The number of benzene rings is 2. The fourth-order valence-corrected chi connectivity index (χ4v) is 4.77. The Balaban J connectivity index is 1.82. The smallest absolute Gasteiger partial charge is 0.272 e. The quantitative estimate of drug-likeness (QED) is 0.460. The highest BCUT2D eigenvalue weighted by Gasteiger charge is 2.10. The summed E-state index contributed by atoms with van der Waals surface area (Å²) in [7, 11) is 1.68. The highest BCUT2D eigenvalue weighted by molar-refractivity contribution is 7.17. The molecule has 0 N–H and O–H groups in total. The van der Waals surface area contributed by atoms with E-state index in [2.05, 4.69) is 33.8 Å². The number of aromatic nitrogens is 1. The minimum Gasteiger partial charge on any atom is -0.383 e. The average molecular weight is 395 g/mol. The third kappa shape index (κ3) is 3.78. The van der Waals surface area contributed by atoms with Crippen molar-refractivity contribution in [3.05, 3.63) is 69.7 Å². The van der Waals surface area contributed by atoms with Gasteiger partial charge in [0.15, 0.2) is 4.80 Å². The van der Waals surface area contributed by atoms with Crippen LogP contribution in [0.25, 0.3) is 27.1 Å². The zero-order valence-electron chi connectivity index (χ0n) is 14.8. The molecule has 0 unspecified atom stereocenters. The first-order valence-electron chi connectivity index (χ1n) is 8.56. The number of carbonyl (C=O) groups excluding carboxylic acids is 1. The molecule has 0 fully saturated rings. The van der Waals surface area contributed by atoms with Gasteiger partial charge < -0.3 is 9.30 Å². The lowest BCUT2D eigenvalue weighted by Crippen LogP contribution is -2.18. The maximum absolute atomic E-state index is 12.4. The van der Waals surface area contributed by atoms with Gasteiger partial charge in [-0.1, -0.05) is 47.7 Å². The van der Waals surface area contributed by atoms with Gasteiger partial charge in [-0.15, -0.1) is 11.3 Å². The van der Waals surface area contributed by atoms with Crippen molar-refractivity contribution in [2.24, 2.45) is 4.99 Å². The van der Waals surface area contributed by atoms with Crippen LogP contribution in [-0.2, 0) is 16.1 Å². The van der Waals surface area contributed by atoms with E-state index in [1.54, 1.807) is 35.9 Å². The Labute approximate surface area is 164 Å². The van der Waals surface area contributed by atoms with E-state index in [1.807, 2.05) is 29.6 Å². The minimum atomic E-state index is -0.259. The van der Waals surface area contributed by atoms with Crippen molar-refractivity contribution in [2.45, 2.75) is 6.54 Å². The molecule has 0 saturated heterocycles. The fraction of sp³-hybridized carbons (Fsp3) is 0.143. The molecule has 0 atom stereocenters. The zero-order valence-corrected chi connectivity index (χ0v) is 16.4. The SMILES string of the molecule is COCCn1c(=NC(=O)C=Cc2cccs2)sc2c3ccccc3ccc21. The summed E-state index contributed by atoms with van der Waals surface area (Å²) < 4.78 is 8.45.